The van der Waals surface area contributed by atoms with E-state index in [1.165, 1.54) is 0 Å². The summed E-state index contributed by atoms with van der Waals surface area (Å²) >= 11 is 9.30. The summed E-state index contributed by atoms with van der Waals surface area (Å²) in [5, 5.41) is 6.81. The fourth-order valence-corrected chi connectivity index (χ4v) is 2.58. The lowest BCUT2D eigenvalue weighted by Gasteiger charge is -2.19. The molecule has 2 unspecified atom stereocenters. The molecule has 0 fully saturated rings. The number of carbonyl (C=O) groups excluding carboxylic acids is 1. The summed E-state index contributed by atoms with van der Waals surface area (Å²) in [7, 11) is 0. The van der Waals surface area contributed by atoms with Crippen molar-refractivity contribution in [3.05, 3.63) is 27.7 Å². The molecule has 1 aromatic rings. The van der Waals surface area contributed by atoms with Crippen molar-refractivity contribution in [3.63, 3.8) is 0 Å². The number of rotatable bonds is 6. The summed E-state index contributed by atoms with van der Waals surface area (Å²) in [4.78, 5) is 12.0. The van der Waals surface area contributed by atoms with Gasteiger partial charge in [-0.1, -0.05) is 24.9 Å². The molecule has 0 aromatic heterocycles. The maximum absolute atomic E-state index is 12.0. The number of halogens is 2. The van der Waals surface area contributed by atoms with Crippen LogP contribution in [0.4, 0.5) is 5.69 Å². The van der Waals surface area contributed by atoms with E-state index < -0.39 is 0 Å². The van der Waals surface area contributed by atoms with Gasteiger partial charge in [-0.3, -0.25) is 4.79 Å². The van der Waals surface area contributed by atoms with Crippen LogP contribution in [0.2, 0.25) is 5.02 Å². The normalized spacial score (nSPS) is 13.7. The quantitative estimate of drug-likeness (QED) is 0.809. The zero-order chi connectivity index (χ0) is 14.4. The van der Waals surface area contributed by atoms with Crippen LogP contribution in [-0.4, -0.2) is 18.0 Å². The van der Waals surface area contributed by atoms with Gasteiger partial charge in [-0.2, -0.15) is 0 Å². The molecule has 1 rings (SSSR count). The lowest BCUT2D eigenvalue weighted by atomic mass is 10.2. The number of anilines is 1. The number of benzene rings is 1. The van der Waals surface area contributed by atoms with Crippen LogP contribution >= 0.6 is 27.5 Å². The molecule has 0 spiro atoms. The SMILES string of the molecule is CCCC(C)NC(=O)C(C)Nc1ccc(Cl)cc1Br. The number of hydrogen-bond donors (Lipinski definition) is 2. The number of carbonyl (C=O) groups is 1. The van der Waals surface area contributed by atoms with Crippen LogP contribution in [0, 0.1) is 0 Å². The standard InChI is InChI=1S/C14H20BrClN2O/c1-4-5-9(2)17-14(19)10(3)18-13-7-6-11(16)8-12(13)15/h6-10,18H,4-5H2,1-3H3,(H,17,19). The van der Waals surface area contributed by atoms with Gasteiger partial charge in [0, 0.05) is 21.2 Å². The zero-order valence-corrected chi connectivity index (χ0v) is 13.8. The van der Waals surface area contributed by atoms with Gasteiger partial charge in [0.1, 0.15) is 6.04 Å². The van der Waals surface area contributed by atoms with Crippen molar-refractivity contribution >= 4 is 39.1 Å². The van der Waals surface area contributed by atoms with Gasteiger partial charge < -0.3 is 10.6 Å². The molecular formula is C14H20BrClN2O. The van der Waals surface area contributed by atoms with Crippen molar-refractivity contribution in [2.24, 2.45) is 0 Å². The molecule has 1 aromatic carbocycles. The summed E-state index contributed by atoms with van der Waals surface area (Å²) in [5.41, 5.74) is 0.857. The highest BCUT2D eigenvalue weighted by atomic mass is 79.9. The highest BCUT2D eigenvalue weighted by Gasteiger charge is 2.15. The monoisotopic (exact) mass is 346 g/mol. The second-order valence-electron chi connectivity index (χ2n) is 4.69. The van der Waals surface area contributed by atoms with Crippen molar-refractivity contribution in [1.29, 1.82) is 0 Å². The molecule has 2 N–H and O–H groups in total. The van der Waals surface area contributed by atoms with E-state index in [0.717, 1.165) is 23.0 Å². The molecule has 5 heteroatoms. The van der Waals surface area contributed by atoms with Gasteiger partial charge in [0.05, 0.1) is 0 Å². The van der Waals surface area contributed by atoms with E-state index in [1.54, 1.807) is 12.1 Å². The van der Waals surface area contributed by atoms with Crippen molar-refractivity contribution in [3.8, 4) is 0 Å². The molecule has 0 saturated heterocycles. The lowest BCUT2D eigenvalue weighted by molar-refractivity contribution is -0.122. The molecule has 19 heavy (non-hydrogen) atoms. The van der Waals surface area contributed by atoms with Gasteiger partial charge in [-0.15, -0.1) is 0 Å². The topological polar surface area (TPSA) is 41.1 Å². The molecule has 0 aliphatic heterocycles. The average molecular weight is 348 g/mol. The summed E-state index contributed by atoms with van der Waals surface area (Å²) in [6.07, 6.45) is 2.05. The Morgan fingerprint density at radius 2 is 2.11 bits per heavy atom. The van der Waals surface area contributed by atoms with Gasteiger partial charge in [0.2, 0.25) is 5.91 Å². The fraction of sp³-hybridized carbons (Fsp3) is 0.500. The minimum absolute atomic E-state index is 0.00259. The van der Waals surface area contributed by atoms with E-state index in [2.05, 4.69) is 33.5 Å². The van der Waals surface area contributed by atoms with E-state index in [4.69, 9.17) is 11.6 Å². The Hall–Kier alpha value is -0.740. The van der Waals surface area contributed by atoms with Crippen LogP contribution in [0.25, 0.3) is 0 Å². The molecule has 2 atom stereocenters. The highest BCUT2D eigenvalue weighted by molar-refractivity contribution is 9.10. The molecule has 0 saturated carbocycles. The van der Waals surface area contributed by atoms with E-state index in [-0.39, 0.29) is 18.0 Å². The van der Waals surface area contributed by atoms with Gasteiger partial charge in [-0.25, -0.2) is 0 Å². The smallest absolute Gasteiger partial charge is 0.242 e. The first-order valence-electron chi connectivity index (χ1n) is 6.46. The Labute approximate surface area is 128 Å². The van der Waals surface area contributed by atoms with E-state index >= 15 is 0 Å². The van der Waals surface area contributed by atoms with E-state index in [9.17, 15) is 4.79 Å². The summed E-state index contributed by atoms with van der Waals surface area (Å²) in [6, 6.07) is 5.35. The van der Waals surface area contributed by atoms with Gasteiger partial charge in [-0.05, 0) is 54.4 Å². The minimum Gasteiger partial charge on any atom is -0.373 e. The third-order valence-corrected chi connectivity index (χ3v) is 3.70. The first-order chi connectivity index (χ1) is 8.93. The number of amides is 1. The molecular weight excluding hydrogens is 328 g/mol. The second kappa shape index (κ2) is 7.75. The van der Waals surface area contributed by atoms with Crippen LogP contribution in [-0.2, 0) is 4.79 Å². The fourth-order valence-electron chi connectivity index (χ4n) is 1.78. The Bertz CT molecular complexity index is 439. The Morgan fingerprint density at radius 3 is 2.68 bits per heavy atom. The van der Waals surface area contributed by atoms with Crippen LogP contribution in [0.5, 0.6) is 0 Å². The predicted octanol–water partition coefficient (Wildman–Crippen LogP) is 4.21. The first kappa shape index (κ1) is 16.3. The van der Waals surface area contributed by atoms with Crippen LogP contribution < -0.4 is 10.6 Å². The third kappa shape index (κ3) is 5.41. The Balaban J connectivity index is 2.58. The Morgan fingerprint density at radius 1 is 1.42 bits per heavy atom. The number of hydrogen-bond acceptors (Lipinski definition) is 2. The van der Waals surface area contributed by atoms with E-state index in [1.807, 2.05) is 19.9 Å². The van der Waals surface area contributed by atoms with E-state index in [0.29, 0.717) is 5.02 Å². The van der Waals surface area contributed by atoms with Gasteiger partial charge in [0.25, 0.3) is 0 Å². The van der Waals surface area contributed by atoms with Crippen LogP contribution in [0.15, 0.2) is 22.7 Å². The zero-order valence-electron chi connectivity index (χ0n) is 11.5. The van der Waals surface area contributed by atoms with Crippen molar-refractivity contribution in [1.82, 2.24) is 5.32 Å². The molecule has 0 bridgehead atoms. The predicted molar refractivity (Wildman–Crippen MR) is 84.7 cm³/mol. The lowest BCUT2D eigenvalue weighted by Crippen LogP contribution is -2.42. The third-order valence-electron chi connectivity index (χ3n) is 2.81. The van der Waals surface area contributed by atoms with Crippen LogP contribution in [0.3, 0.4) is 0 Å². The van der Waals surface area contributed by atoms with Crippen molar-refractivity contribution in [2.45, 2.75) is 45.7 Å². The van der Waals surface area contributed by atoms with Gasteiger partial charge >= 0.3 is 0 Å². The molecule has 0 radical (unpaired) electrons. The highest BCUT2D eigenvalue weighted by Crippen LogP contribution is 2.26. The number of nitrogens with one attached hydrogen (secondary N) is 2. The largest absolute Gasteiger partial charge is 0.373 e. The molecule has 0 aliphatic rings. The maximum Gasteiger partial charge on any atom is 0.242 e. The average Bonchev–Trinajstić information content (AvgIpc) is 2.32. The minimum atomic E-state index is -0.295. The summed E-state index contributed by atoms with van der Waals surface area (Å²) in [6.45, 7) is 5.97. The molecule has 0 aliphatic carbocycles. The maximum atomic E-state index is 12.0. The molecule has 3 nitrogen and oxygen atoms in total. The van der Waals surface area contributed by atoms with Crippen LogP contribution in [0.1, 0.15) is 33.6 Å². The molecule has 1 amide bonds. The first-order valence-corrected chi connectivity index (χ1v) is 7.63. The van der Waals surface area contributed by atoms with Crippen molar-refractivity contribution in [2.75, 3.05) is 5.32 Å². The second-order valence-corrected chi connectivity index (χ2v) is 5.98. The van der Waals surface area contributed by atoms with Gasteiger partial charge in [0.15, 0.2) is 0 Å². The Kier molecular flexibility index (Phi) is 6.66. The molecule has 0 heterocycles. The summed E-state index contributed by atoms with van der Waals surface area (Å²) in [5.74, 6) is 0.00259. The molecule has 106 valence electrons. The van der Waals surface area contributed by atoms with Crippen molar-refractivity contribution < 1.29 is 4.79 Å². The summed E-state index contributed by atoms with van der Waals surface area (Å²) < 4.78 is 0.848.